The molecular formula is C30H40N2O5. The van der Waals surface area contributed by atoms with Crippen molar-refractivity contribution in [3.8, 4) is 11.5 Å². The third kappa shape index (κ3) is 6.92. The van der Waals surface area contributed by atoms with Crippen LogP contribution in [-0.2, 0) is 9.59 Å². The van der Waals surface area contributed by atoms with E-state index in [0.29, 0.717) is 31.0 Å². The van der Waals surface area contributed by atoms with Crippen LogP contribution in [0.3, 0.4) is 0 Å². The SMILES string of the molecule is CCCCCOc1ccc(C2/C(=C(\O)c3ccc(OC(C)C)cc3C)C(=O)C(=O)N2CCN(C)C)cc1. The Labute approximate surface area is 220 Å². The van der Waals surface area contributed by atoms with Crippen LogP contribution in [0.25, 0.3) is 5.76 Å². The summed E-state index contributed by atoms with van der Waals surface area (Å²) >= 11 is 0. The summed E-state index contributed by atoms with van der Waals surface area (Å²) in [6.07, 6.45) is 3.24. The lowest BCUT2D eigenvalue weighted by molar-refractivity contribution is -0.140. The normalized spacial score (nSPS) is 17.2. The molecule has 1 atom stereocenters. The van der Waals surface area contributed by atoms with Gasteiger partial charge in [-0.2, -0.15) is 0 Å². The number of benzene rings is 2. The molecule has 0 aromatic heterocycles. The van der Waals surface area contributed by atoms with E-state index in [9.17, 15) is 14.7 Å². The minimum Gasteiger partial charge on any atom is -0.507 e. The second kappa shape index (κ2) is 12.8. The molecule has 1 N–H and O–H groups in total. The Hall–Kier alpha value is -3.32. The van der Waals surface area contributed by atoms with Gasteiger partial charge in [-0.3, -0.25) is 9.59 Å². The number of likely N-dealkylation sites (N-methyl/N-ethyl adjacent to an activating group) is 1. The lowest BCUT2D eigenvalue weighted by Gasteiger charge is -2.27. The second-order valence-corrected chi connectivity index (χ2v) is 10.1. The third-order valence-corrected chi connectivity index (χ3v) is 6.37. The van der Waals surface area contributed by atoms with Crippen molar-refractivity contribution in [2.45, 2.75) is 59.1 Å². The number of ether oxygens (including phenoxy) is 2. The first-order chi connectivity index (χ1) is 17.6. The predicted molar refractivity (Wildman–Crippen MR) is 146 cm³/mol. The van der Waals surface area contributed by atoms with E-state index in [2.05, 4.69) is 6.92 Å². The van der Waals surface area contributed by atoms with Crippen LogP contribution in [-0.4, -0.2) is 66.5 Å². The van der Waals surface area contributed by atoms with Crippen LogP contribution >= 0.6 is 0 Å². The number of rotatable bonds is 12. The highest BCUT2D eigenvalue weighted by atomic mass is 16.5. The Balaban J connectivity index is 2.01. The number of aliphatic hydroxyl groups excluding tert-OH is 1. The number of unbranched alkanes of at least 4 members (excludes halogenated alkanes) is 2. The van der Waals surface area contributed by atoms with Gasteiger partial charge in [0.05, 0.1) is 24.3 Å². The summed E-state index contributed by atoms with van der Waals surface area (Å²) in [4.78, 5) is 29.9. The fourth-order valence-corrected chi connectivity index (χ4v) is 4.45. The highest BCUT2D eigenvalue weighted by Crippen LogP contribution is 2.40. The van der Waals surface area contributed by atoms with Crippen LogP contribution in [0.15, 0.2) is 48.0 Å². The van der Waals surface area contributed by atoms with Gasteiger partial charge in [0.25, 0.3) is 11.7 Å². The van der Waals surface area contributed by atoms with Crippen molar-refractivity contribution < 1.29 is 24.2 Å². The fraction of sp³-hybridized carbons (Fsp3) is 0.467. The molecule has 200 valence electrons. The van der Waals surface area contributed by atoms with Crippen molar-refractivity contribution in [2.75, 3.05) is 33.8 Å². The van der Waals surface area contributed by atoms with E-state index < -0.39 is 17.7 Å². The van der Waals surface area contributed by atoms with Crippen LogP contribution in [0.1, 0.15) is 62.8 Å². The maximum atomic E-state index is 13.3. The first-order valence-corrected chi connectivity index (χ1v) is 13.1. The molecule has 37 heavy (non-hydrogen) atoms. The number of carbonyl (C=O) groups is 2. The standard InChI is InChI=1S/C30H40N2O5/c1-7-8-9-18-36-23-12-10-22(11-13-23)27-26(29(34)30(35)32(27)17-16-31(5)6)28(33)25-15-14-24(19-21(25)4)37-20(2)3/h10-15,19-20,27,33H,7-9,16-18H2,1-6H3/b28-26+. The summed E-state index contributed by atoms with van der Waals surface area (Å²) in [6, 6.07) is 12.1. The highest BCUT2D eigenvalue weighted by Gasteiger charge is 2.46. The van der Waals surface area contributed by atoms with E-state index in [4.69, 9.17) is 9.47 Å². The van der Waals surface area contributed by atoms with E-state index in [0.717, 1.165) is 36.1 Å². The number of Topliss-reactive ketones (excluding diaryl/α,β-unsaturated/α-hetero) is 1. The zero-order valence-corrected chi connectivity index (χ0v) is 22.9. The van der Waals surface area contributed by atoms with Crippen LogP contribution in [0, 0.1) is 6.92 Å². The van der Waals surface area contributed by atoms with Gasteiger partial charge in [-0.1, -0.05) is 31.9 Å². The molecule has 1 heterocycles. The number of aryl methyl sites for hydroxylation is 1. The molecule has 1 aliphatic heterocycles. The van der Waals surface area contributed by atoms with Gasteiger partial charge in [0, 0.05) is 18.7 Å². The first kappa shape index (κ1) is 28.3. The molecule has 2 aromatic carbocycles. The lowest BCUT2D eigenvalue weighted by atomic mass is 9.94. The number of hydrogen-bond acceptors (Lipinski definition) is 6. The van der Waals surface area contributed by atoms with Gasteiger partial charge >= 0.3 is 0 Å². The summed E-state index contributed by atoms with van der Waals surface area (Å²) in [5.74, 6) is -0.0406. The van der Waals surface area contributed by atoms with Crippen LogP contribution in [0.2, 0.25) is 0 Å². The molecule has 0 aliphatic carbocycles. The van der Waals surface area contributed by atoms with Gasteiger partial charge in [-0.15, -0.1) is 0 Å². The number of amides is 1. The quantitative estimate of drug-likeness (QED) is 0.181. The first-order valence-electron chi connectivity index (χ1n) is 13.1. The van der Waals surface area contributed by atoms with E-state index in [1.165, 1.54) is 0 Å². The van der Waals surface area contributed by atoms with Gasteiger partial charge in [-0.25, -0.2) is 0 Å². The Morgan fingerprint density at radius 1 is 1.05 bits per heavy atom. The Bertz CT molecular complexity index is 1120. The van der Waals surface area contributed by atoms with E-state index in [1.807, 2.05) is 70.1 Å². The van der Waals surface area contributed by atoms with Gasteiger partial charge < -0.3 is 24.4 Å². The number of likely N-dealkylation sites (tertiary alicyclic amines) is 1. The monoisotopic (exact) mass is 508 g/mol. The third-order valence-electron chi connectivity index (χ3n) is 6.37. The molecular weight excluding hydrogens is 468 g/mol. The molecule has 1 aliphatic rings. The molecule has 0 radical (unpaired) electrons. The summed E-state index contributed by atoms with van der Waals surface area (Å²) in [5, 5.41) is 11.4. The van der Waals surface area contributed by atoms with E-state index in [-0.39, 0.29) is 17.4 Å². The average Bonchev–Trinajstić information content (AvgIpc) is 3.10. The molecule has 7 heteroatoms. The molecule has 3 rings (SSSR count). The van der Waals surface area contributed by atoms with E-state index in [1.54, 1.807) is 17.0 Å². The van der Waals surface area contributed by atoms with E-state index >= 15 is 0 Å². The zero-order chi connectivity index (χ0) is 27.1. The summed E-state index contributed by atoms with van der Waals surface area (Å²) in [5.41, 5.74) is 2.10. The number of hydrogen-bond donors (Lipinski definition) is 1. The Kier molecular flexibility index (Phi) is 9.75. The van der Waals surface area contributed by atoms with Gasteiger partial charge in [0.1, 0.15) is 17.3 Å². The molecule has 0 saturated carbocycles. The van der Waals surface area contributed by atoms with Gasteiger partial charge in [-0.05, 0) is 82.7 Å². The molecule has 2 aromatic rings. The molecule has 0 spiro atoms. The lowest BCUT2D eigenvalue weighted by Crippen LogP contribution is -2.35. The smallest absolute Gasteiger partial charge is 0.295 e. The Morgan fingerprint density at radius 2 is 1.73 bits per heavy atom. The van der Waals surface area contributed by atoms with Crippen molar-refractivity contribution >= 4 is 17.4 Å². The van der Waals surface area contributed by atoms with Crippen LogP contribution in [0.4, 0.5) is 0 Å². The second-order valence-electron chi connectivity index (χ2n) is 10.1. The van der Waals surface area contributed by atoms with Gasteiger partial charge in [0.15, 0.2) is 0 Å². The number of nitrogens with zero attached hydrogens (tertiary/aromatic N) is 2. The summed E-state index contributed by atoms with van der Waals surface area (Å²) in [6.45, 7) is 9.47. The molecule has 1 saturated heterocycles. The number of ketones is 1. The topological polar surface area (TPSA) is 79.3 Å². The average molecular weight is 509 g/mol. The zero-order valence-electron chi connectivity index (χ0n) is 22.9. The highest BCUT2D eigenvalue weighted by molar-refractivity contribution is 6.46. The minimum atomic E-state index is -0.694. The minimum absolute atomic E-state index is 0.0134. The molecule has 1 unspecified atom stereocenters. The fourth-order valence-electron chi connectivity index (χ4n) is 4.45. The Morgan fingerprint density at radius 3 is 2.32 bits per heavy atom. The molecule has 7 nitrogen and oxygen atoms in total. The largest absolute Gasteiger partial charge is 0.507 e. The molecule has 0 bridgehead atoms. The predicted octanol–water partition coefficient (Wildman–Crippen LogP) is 5.33. The summed E-state index contributed by atoms with van der Waals surface area (Å²) < 4.78 is 11.6. The van der Waals surface area contributed by atoms with Crippen molar-refractivity contribution in [3.63, 3.8) is 0 Å². The van der Waals surface area contributed by atoms with Crippen molar-refractivity contribution in [1.82, 2.24) is 9.80 Å². The number of aliphatic hydroxyl groups is 1. The van der Waals surface area contributed by atoms with Crippen molar-refractivity contribution in [1.29, 1.82) is 0 Å². The maximum Gasteiger partial charge on any atom is 0.295 e. The molecule has 1 fully saturated rings. The number of carbonyl (C=O) groups excluding carboxylic acids is 2. The van der Waals surface area contributed by atoms with Crippen molar-refractivity contribution in [2.24, 2.45) is 0 Å². The van der Waals surface area contributed by atoms with Gasteiger partial charge in [0.2, 0.25) is 0 Å². The summed E-state index contributed by atoms with van der Waals surface area (Å²) in [7, 11) is 3.83. The van der Waals surface area contributed by atoms with Crippen LogP contribution in [0.5, 0.6) is 11.5 Å². The molecule has 1 amide bonds. The maximum absolute atomic E-state index is 13.3. The van der Waals surface area contributed by atoms with Crippen LogP contribution < -0.4 is 9.47 Å². The van der Waals surface area contributed by atoms with Crippen molar-refractivity contribution in [3.05, 3.63) is 64.7 Å².